The molecule has 0 bridgehead atoms. The maximum absolute atomic E-state index is 13.9. The van der Waals surface area contributed by atoms with Crippen LogP contribution in [-0.4, -0.2) is 84.0 Å². The molecule has 11 heteroatoms. The van der Waals surface area contributed by atoms with E-state index >= 15 is 0 Å². The fourth-order valence-corrected chi connectivity index (χ4v) is 6.35. The molecule has 1 N–H and O–H groups in total. The van der Waals surface area contributed by atoms with Crippen LogP contribution in [0.15, 0.2) is 53.1 Å². The fraction of sp³-hybridized carbons (Fsp3) is 0.455. The molecule has 11 nitrogen and oxygen atoms in total. The van der Waals surface area contributed by atoms with Crippen molar-refractivity contribution in [2.24, 2.45) is 0 Å². The van der Waals surface area contributed by atoms with Gasteiger partial charge in [-0.15, -0.1) is 0 Å². The van der Waals surface area contributed by atoms with Gasteiger partial charge in [0, 0.05) is 46.1 Å². The molecule has 44 heavy (non-hydrogen) atoms. The standard InChI is InChI=1S/C33H39N5O6/c1-3-43-31-26(10-11-28(35-31)37-16-14-36(15-17-37)23(2)39)34-30(40)25-22-44-27-20-33(12-7-13-33)38(32(41)29(25)27)18-19-42-21-24-8-5-4-6-9-24/h4-6,8-11,22H,3,7,12-21H2,1-2H3,(H,34,40). The number of anilines is 2. The van der Waals surface area contributed by atoms with Crippen LogP contribution in [0.25, 0.3) is 0 Å². The third-order valence-corrected chi connectivity index (χ3v) is 8.91. The van der Waals surface area contributed by atoms with Crippen molar-refractivity contribution in [3.05, 3.63) is 71.2 Å². The topological polar surface area (TPSA) is 117 Å². The van der Waals surface area contributed by atoms with E-state index in [9.17, 15) is 14.4 Å². The van der Waals surface area contributed by atoms with Crippen LogP contribution in [0.3, 0.4) is 0 Å². The second-order valence-electron chi connectivity index (χ2n) is 11.6. The van der Waals surface area contributed by atoms with E-state index < -0.39 is 5.91 Å². The third kappa shape index (κ3) is 5.88. The average Bonchev–Trinajstić information content (AvgIpc) is 3.45. The lowest BCUT2D eigenvalue weighted by Gasteiger charge is -2.52. The van der Waals surface area contributed by atoms with Gasteiger partial charge in [0.1, 0.15) is 23.5 Å². The lowest BCUT2D eigenvalue weighted by atomic mass is 9.69. The molecule has 1 saturated carbocycles. The van der Waals surface area contributed by atoms with Crippen molar-refractivity contribution < 1.29 is 28.3 Å². The van der Waals surface area contributed by atoms with E-state index in [0.717, 1.165) is 24.8 Å². The molecule has 6 rings (SSSR count). The zero-order chi connectivity index (χ0) is 30.7. The van der Waals surface area contributed by atoms with Crippen LogP contribution >= 0.6 is 0 Å². The summed E-state index contributed by atoms with van der Waals surface area (Å²) < 4.78 is 17.6. The quantitative estimate of drug-likeness (QED) is 0.345. The number of piperazine rings is 1. The van der Waals surface area contributed by atoms with Crippen molar-refractivity contribution in [1.82, 2.24) is 14.8 Å². The third-order valence-electron chi connectivity index (χ3n) is 8.91. The van der Waals surface area contributed by atoms with Crippen molar-refractivity contribution in [3.63, 3.8) is 0 Å². The Labute approximate surface area is 257 Å². The summed E-state index contributed by atoms with van der Waals surface area (Å²) >= 11 is 0. The number of ether oxygens (including phenoxy) is 2. The number of rotatable bonds is 10. The second-order valence-corrected chi connectivity index (χ2v) is 11.6. The molecule has 2 aromatic heterocycles. The van der Waals surface area contributed by atoms with Crippen molar-refractivity contribution >= 4 is 29.2 Å². The van der Waals surface area contributed by atoms with Gasteiger partial charge in [0.05, 0.1) is 36.5 Å². The number of aromatic nitrogens is 1. The number of pyridine rings is 1. The predicted octanol–water partition coefficient (Wildman–Crippen LogP) is 4.13. The van der Waals surface area contributed by atoms with Crippen LogP contribution in [0.2, 0.25) is 0 Å². The number of carbonyl (C=O) groups is 3. The zero-order valence-corrected chi connectivity index (χ0v) is 25.3. The first-order valence-corrected chi connectivity index (χ1v) is 15.4. The van der Waals surface area contributed by atoms with Gasteiger partial charge in [0.25, 0.3) is 11.8 Å². The van der Waals surface area contributed by atoms with Gasteiger partial charge in [-0.25, -0.2) is 0 Å². The van der Waals surface area contributed by atoms with Gasteiger partial charge in [-0.05, 0) is 43.9 Å². The molecule has 1 aliphatic carbocycles. The highest BCUT2D eigenvalue weighted by Gasteiger charge is 2.51. The smallest absolute Gasteiger partial charge is 0.259 e. The van der Waals surface area contributed by atoms with E-state index in [0.29, 0.717) is 87.7 Å². The van der Waals surface area contributed by atoms with E-state index in [1.54, 1.807) is 13.0 Å². The van der Waals surface area contributed by atoms with Crippen molar-refractivity contribution in [3.8, 4) is 5.88 Å². The largest absolute Gasteiger partial charge is 0.476 e. The Morgan fingerprint density at radius 3 is 2.52 bits per heavy atom. The number of hydrogen-bond acceptors (Lipinski definition) is 8. The van der Waals surface area contributed by atoms with Crippen LogP contribution in [0.4, 0.5) is 11.5 Å². The number of nitrogens with zero attached hydrogens (tertiary/aromatic N) is 4. The summed E-state index contributed by atoms with van der Waals surface area (Å²) in [4.78, 5) is 49.7. The Morgan fingerprint density at radius 2 is 1.84 bits per heavy atom. The second kappa shape index (κ2) is 12.7. The number of amides is 3. The summed E-state index contributed by atoms with van der Waals surface area (Å²) in [5.41, 5.74) is 1.71. The van der Waals surface area contributed by atoms with Crippen molar-refractivity contribution in [2.45, 2.75) is 51.7 Å². The minimum Gasteiger partial charge on any atom is -0.476 e. The molecule has 0 unspecified atom stereocenters. The first kappa shape index (κ1) is 29.7. The molecule has 4 heterocycles. The van der Waals surface area contributed by atoms with Crippen LogP contribution in [0, 0.1) is 0 Å². The summed E-state index contributed by atoms with van der Waals surface area (Å²) in [6.45, 7) is 7.66. The van der Waals surface area contributed by atoms with E-state index in [1.165, 1.54) is 6.26 Å². The fourth-order valence-electron chi connectivity index (χ4n) is 6.35. The Hall–Kier alpha value is -4.38. The summed E-state index contributed by atoms with van der Waals surface area (Å²) in [5, 5.41) is 2.90. The number of nitrogens with one attached hydrogen (secondary N) is 1. The van der Waals surface area contributed by atoms with Crippen LogP contribution in [0.5, 0.6) is 5.88 Å². The molecule has 0 radical (unpaired) electrons. The molecular weight excluding hydrogens is 562 g/mol. The van der Waals surface area contributed by atoms with Crippen LogP contribution in [-0.2, 0) is 22.6 Å². The van der Waals surface area contributed by atoms with Gasteiger partial charge in [-0.3, -0.25) is 14.4 Å². The van der Waals surface area contributed by atoms with Gasteiger partial charge in [0.15, 0.2) is 0 Å². The Bertz CT molecular complexity index is 1510. The number of benzene rings is 1. The monoisotopic (exact) mass is 601 g/mol. The molecule has 2 aliphatic heterocycles. The van der Waals surface area contributed by atoms with Crippen LogP contribution in [0.1, 0.15) is 65.1 Å². The van der Waals surface area contributed by atoms with E-state index in [-0.39, 0.29) is 22.9 Å². The number of carbonyl (C=O) groups excluding carboxylic acids is 3. The maximum Gasteiger partial charge on any atom is 0.259 e. The Balaban J connectivity index is 1.16. The van der Waals surface area contributed by atoms with Gasteiger partial charge >= 0.3 is 0 Å². The normalized spacial score (nSPS) is 17.3. The predicted molar refractivity (Wildman–Crippen MR) is 164 cm³/mol. The SMILES string of the molecule is CCOc1nc(N2CCN(C(C)=O)CC2)ccc1NC(=O)c1coc2c1C(=O)N(CCOCc1ccccc1)C1(CCC1)C2. The molecule has 232 valence electrons. The summed E-state index contributed by atoms with van der Waals surface area (Å²) in [5.74, 6) is 0.968. The summed E-state index contributed by atoms with van der Waals surface area (Å²) in [7, 11) is 0. The zero-order valence-electron chi connectivity index (χ0n) is 25.3. The molecule has 1 spiro atoms. The molecule has 2 fully saturated rings. The number of furan rings is 1. The van der Waals surface area contributed by atoms with Crippen LogP contribution < -0.4 is 15.0 Å². The first-order chi connectivity index (χ1) is 21.4. The highest BCUT2D eigenvalue weighted by atomic mass is 16.5. The Morgan fingerprint density at radius 1 is 1.07 bits per heavy atom. The maximum atomic E-state index is 13.9. The lowest BCUT2D eigenvalue weighted by molar-refractivity contribution is -0.129. The summed E-state index contributed by atoms with van der Waals surface area (Å²) in [6.07, 6.45) is 4.82. The van der Waals surface area contributed by atoms with Gasteiger partial charge < -0.3 is 33.9 Å². The van der Waals surface area contributed by atoms with Gasteiger partial charge in [-0.2, -0.15) is 4.98 Å². The molecule has 1 saturated heterocycles. The van der Waals surface area contributed by atoms with E-state index in [1.807, 2.05) is 53.1 Å². The Kier molecular flexibility index (Phi) is 8.56. The first-order valence-electron chi connectivity index (χ1n) is 15.4. The summed E-state index contributed by atoms with van der Waals surface area (Å²) in [6, 6.07) is 13.5. The lowest BCUT2D eigenvalue weighted by Crippen LogP contribution is -2.61. The van der Waals surface area contributed by atoms with Gasteiger partial charge in [-0.1, -0.05) is 30.3 Å². The van der Waals surface area contributed by atoms with Crippen molar-refractivity contribution in [1.29, 1.82) is 0 Å². The van der Waals surface area contributed by atoms with E-state index in [4.69, 9.17) is 13.9 Å². The van der Waals surface area contributed by atoms with Crippen molar-refractivity contribution in [2.75, 3.05) is 56.2 Å². The minimum atomic E-state index is -0.459. The highest BCUT2D eigenvalue weighted by Crippen LogP contribution is 2.45. The highest BCUT2D eigenvalue weighted by molar-refractivity contribution is 6.13. The van der Waals surface area contributed by atoms with Gasteiger partial charge in [0.2, 0.25) is 11.8 Å². The molecule has 3 amide bonds. The number of fused-ring (bicyclic) bond motifs is 1. The molecule has 1 aromatic carbocycles. The average molecular weight is 602 g/mol. The molecular formula is C33H39N5O6. The molecule has 3 aliphatic rings. The van der Waals surface area contributed by atoms with E-state index in [2.05, 4.69) is 15.2 Å². The molecule has 0 atom stereocenters. The number of hydrogen-bond donors (Lipinski definition) is 1. The minimum absolute atomic E-state index is 0.0629. The molecule has 3 aromatic rings.